The molecule has 1 unspecified atom stereocenters. The molecule has 0 radical (unpaired) electrons. The van der Waals surface area contributed by atoms with E-state index in [-0.39, 0.29) is 17.7 Å². The topological polar surface area (TPSA) is 83.7 Å². The molecule has 25 heavy (non-hydrogen) atoms. The first-order valence-corrected chi connectivity index (χ1v) is 8.56. The monoisotopic (exact) mass is 355 g/mol. The lowest BCUT2D eigenvalue weighted by Crippen LogP contribution is -2.45. The molecule has 0 spiro atoms. The Hall–Kier alpha value is -2.80. The van der Waals surface area contributed by atoms with Gasteiger partial charge in [0.1, 0.15) is 0 Å². The summed E-state index contributed by atoms with van der Waals surface area (Å²) in [7, 11) is 0. The number of benzene rings is 2. The van der Waals surface area contributed by atoms with Crippen molar-refractivity contribution < 1.29 is 14.4 Å². The molecule has 6 nitrogen and oxygen atoms in total. The average molecular weight is 355 g/mol. The summed E-state index contributed by atoms with van der Waals surface area (Å²) in [6, 6.07) is 16.1. The number of aryl methyl sites for hydroxylation is 1. The van der Waals surface area contributed by atoms with Crippen LogP contribution in [0.4, 0.5) is 16.2 Å². The quantitative estimate of drug-likeness (QED) is 0.891. The van der Waals surface area contributed by atoms with Crippen LogP contribution in [0.2, 0.25) is 0 Å². The number of nitrogens with zero attached hydrogens (tertiary/aromatic N) is 2. The van der Waals surface area contributed by atoms with Crippen LogP contribution in [0, 0.1) is 6.92 Å². The fourth-order valence-corrected chi connectivity index (χ4v) is 3.64. The van der Waals surface area contributed by atoms with Gasteiger partial charge in [-0.3, -0.25) is 14.4 Å². The van der Waals surface area contributed by atoms with Crippen LogP contribution < -0.4 is 15.5 Å². The van der Waals surface area contributed by atoms with Gasteiger partial charge in [-0.1, -0.05) is 35.9 Å². The molecule has 7 heteroatoms. The minimum atomic E-state index is -0.830. The molecule has 0 aliphatic carbocycles. The molecule has 2 aromatic rings. The third-order valence-corrected chi connectivity index (χ3v) is 4.88. The summed E-state index contributed by atoms with van der Waals surface area (Å²) in [5.74, 6) is -0.956. The second-order valence-electron chi connectivity index (χ2n) is 5.68. The average Bonchev–Trinajstić information content (AvgIpc) is 2.89. The van der Waals surface area contributed by atoms with E-state index in [9.17, 15) is 14.4 Å². The van der Waals surface area contributed by atoms with Crippen LogP contribution in [0.1, 0.15) is 5.56 Å². The van der Waals surface area contributed by atoms with Crippen LogP contribution in [0.25, 0.3) is 0 Å². The number of thioether (sulfide) groups is 1. The highest BCUT2D eigenvalue weighted by molar-refractivity contribution is 8.16. The number of hydrogen-bond donors (Lipinski definition) is 1. The van der Waals surface area contributed by atoms with E-state index in [0.29, 0.717) is 11.4 Å². The van der Waals surface area contributed by atoms with Crippen molar-refractivity contribution in [1.82, 2.24) is 0 Å². The Morgan fingerprint density at radius 1 is 1.12 bits per heavy atom. The van der Waals surface area contributed by atoms with E-state index in [1.165, 1.54) is 0 Å². The Balaban J connectivity index is 1.93. The molecule has 2 aromatic carbocycles. The van der Waals surface area contributed by atoms with Gasteiger partial charge in [-0.05, 0) is 43.0 Å². The van der Waals surface area contributed by atoms with Gasteiger partial charge in [-0.2, -0.15) is 0 Å². The highest BCUT2D eigenvalue weighted by atomic mass is 32.2. The lowest BCUT2D eigenvalue weighted by molar-refractivity contribution is -0.117. The second kappa shape index (κ2) is 6.98. The first-order valence-electron chi connectivity index (χ1n) is 7.68. The number of amides is 3. The van der Waals surface area contributed by atoms with E-state index in [1.807, 2.05) is 25.1 Å². The van der Waals surface area contributed by atoms with Crippen LogP contribution in [-0.2, 0) is 9.59 Å². The van der Waals surface area contributed by atoms with Crippen molar-refractivity contribution in [1.29, 1.82) is 0 Å². The summed E-state index contributed by atoms with van der Waals surface area (Å²) in [4.78, 5) is 39.5. The second-order valence-corrected chi connectivity index (χ2v) is 6.71. The molecule has 2 N–H and O–H groups in total. The van der Waals surface area contributed by atoms with E-state index >= 15 is 0 Å². The molecule has 1 saturated heterocycles. The molecule has 0 aromatic heterocycles. The van der Waals surface area contributed by atoms with Gasteiger partial charge >= 0.3 is 0 Å². The molecule has 1 heterocycles. The Morgan fingerprint density at radius 3 is 2.36 bits per heavy atom. The Morgan fingerprint density at radius 2 is 1.76 bits per heavy atom. The molecule has 128 valence electrons. The number of carbonyl (C=O) groups is 3. The molecular weight excluding hydrogens is 338 g/mol. The van der Waals surface area contributed by atoms with Crippen LogP contribution >= 0.6 is 11.8 Å². The minimum absolute atomic E-state index is 0.150. The van der Waals surface area contributed by atoms with E-state index in [2.05, 4.69) is 0 Å². The summed E-state index contributed by atoms with van der Waals surface area (Å²) in [6.07, 6.45) is 0. The first kappa shape index (κ1) is 17.0. The Bertz CT molecular complexity index is 808. The number of para-hydroxylation sites is 1. The number of carbonyl (C=O) groups excluding carboxylic acids is 3. The third-order valence-electron chi connectivity index (χ3n) is 3.82. The molecule has 3 rings (SSSR count). The number of anilines is 2. The van der Waals surface area contributed by atoms with E-state index < -0.39 is 11.3 Å². The van der Waals surface area contributed by atoms with Gasteiger partial charge in [0.15, 0.2) is 5.37 Å². The molecule has 1 aliphatic rings. The number of primary amides is 1. The zero-order chi connectivity index (χ0) is 18.0. The van der Waals surface area contributed by atoms with Gasteiger partial charge in [0, 0.05) is 5.69 Å². The molecule has 1 atom stereocenters. The van der Waals surface area contributed by atoms with Crippen molar-refractivity contribution >= 4 is 40.2 Å². The number of nitrogens with two attached hydrogens (primary N) is 1. The summed E-state index contributed by atoms with van der Waals surface area (Å²) in [5.41, 5.74) is 7.55. The predicted octanol–water partition coefficient (Wildman–Crippen LogP) is 2.51. The normalized spacial score (nSPS) is 17.0. The van der Waals surface area contributed by atoms with E-state index in [4.69, 9.17) is 5.73 Å². The zero-order valence-electron chi connectivity index (χ0n) is 13.6. The maximum atomic E-state index is 12.9. The van der Waals surface area contributed by atoms with Crippen LogP contribution in [0.15, 0.2) is 54.6 Å². The van der Waals surface area contributed by atoms with Crippen molar-refractivity contribution in [2.24, 2.45) is 5.73 Å². The van der Waals surface area contributed by atoms with Crippen LogP contribution in [0.5, 0.6) is 0 Å². The number of imide groups is 1. The SMILES string of the molecule is Cc1ccc(N2C(=O)SC(N(CC(N)=O)c3ccccc3)C2=O)cc1. The Labute approximate surface area is 149 Å². The van der Waals surface area contributed by atoms with Gasteiger partial charge < -0.3 is 10.6 Å². The van der Waals surface area contributed by atoms with Gasteiger partial charge in [0.2, 0.25) is 5.91 Å². The largest absolute Gasteiger partial charge is 0.368 e. The summed E-state index contributed by atoms with van der Waals surface area (Å²) in [5, 5.41) is -1.20. The van der Waals surface area contributed by atoms with Gasteiger partial charge in [-0.25, -0.2) is 4.90 Å². The third kappa shape index (κ3) is 3.51. The molecule has 1 fully saturated rings. The smallest absolute Gasteiger partial charge is 0.295 e. The fourth-order valence-electron chi connectivity index (χ4n) is 2.62. The number of rotatable bonds is 5. The van der Waals surface area contributed by atoms with Gasteiger partial charge in [0.05, 0.1) is 12.2 Å². The van der Waals surface area contributed by atoms with Crippen molar-refractivity contribution in [3.05, 3.63) is 60.2 Å². The summed E-state index contributed by atoms with van der Waals surface area (Å²) < 4.78 is 0. The summed E-state index contributed by atoms with van der Waals surface area (Å²) >= 11 is 0.881. The van der Waals surface area contributed by atoms with Crippen molar-refractivity contribution in [2.75, 3.05) is 16.3 Å². The lowest BCUT2D eigenvalue weighted by atomic mass is 10.2. The first-order chi connectivity index (χ1) is 12.0. The highest BCUT2D eigenvalue weighted by Gasteiger charge is 2.44. The fraction of sp³-hybridized carbons (Fsp3) is 0.167. The minimum Gasteiger partial charge on any atom is -0.368 e. The Kier molecular flexibility index (Phi) is 4.76. The maximum absolute atomic E-state index is 12.9. The van der Waals surface area contributed by atoms with Crippen molar-refractivity contribution in [3.8, 4) is 0 Å². The lowest BCUT2D eigenvalue weighted by Gasteiger charge is -2.27. The zero-order valence-corrected chi connectivity index (χ0v) is 14.4. The molecular formula is C18H17N3O3S. The van der Waals surface area contributed by atoms with Crippen LogP contribution in [-0.4, -0.2) is 29.0 Å². The van der Waals surface area contributed by atoms with Crippen molar-refractivity contribution in [2.45, 2.75) is 12.3 Å². The predicted molar refractivity (Wildman–Crippen MR) is 98.4 cm³/mol. The standard InChI is InChI=1S/C18H17N3O3S/c1-12-7-9-14(10-8-12)21-16(23)17(25-18(21)24)20(11-15(19)22)13-5-3-2-4-6-13/h2-10,17H,11H2,1H3,(H2,19,22). The van der Waals surface area contributed by atoms with Gasteiger partial charge in [0.25, 0.3) is 11.1 Å². The van der Waals surface area contributed by atoms with Crippen molar-refractivity contribution in [3.63, 3.8) is 0 Å². The molecule has 0 bridgehead atoms. The van der Waals surface area contributed by atoms with Crippen LogP contribution in [0.3, 0.4) is 0 Å². The molecule has 0 saturated carbocycles. The summed E-state index contributed by atoms with van der Waals surface area (Å²) in [6.45, 7) is 1.78. The molecule has 3 amide bonds. The van der Waals surface area contributed by atoms with Gasteiger partial charge in [-0.15, -0.1) is 0 Å². The molecule has 1 aliphatic heterocycles. The van der Waals surface area contributed by atoms with E-state index in [0.717, 1.165) is 22.2 Å². The highest BCUT2D eigenvalue weighted by Crippen LogP contribution is 2.35. The maximum Gasteiger partial charge on any atom is 0.295 e. The van der Waals surface area contributed by atoms with E-state index in [1.54, 1.807) is 41.3 Å². The number of hydrogen-bond acceptors (Lipinski definition) is 5.